The number of nitrogens with two attached hydrogens (primary N) is 2. The van der Waals surface area contributed by atoms with Gasteiger partial charge in [0.1, 0.15) is 17.4 Å². The fourth-order valence-electron chi connectivity index (χ4n) is 2.09. The molecule has 6 N–H and O–H groups in total. The van der Waals surface area contributed by atoms with E-state index >= 15 is 0 Å². The normalized spacial score (nSPS) is 9.60. The van der Waals surface area contributed by atoms with Crippen molar-refractivity contribution in [1.82, 2.24) is 10.1 Å². The van der Waals surface area contributed by atoms with Crippen LogP contribution in [-0.4, -0.2) is 21.8 Å². The third-order valence-electron chi connectivity index (χ3n) is 3.34. The number of rotatable bonds is 4. The van der Waals surface area contributed by atoms with Crippen molar-refractivity contribution in [2.45, 2.75) is 0 Å². The SMILES string of the molecule is Cl.Cl.N=C(N)c1ccc(-c2cc(-c3cncc(C(=N)N)c3)no2)cc1. The smallest absolute Gasteiger partial charge is 0.167 e. The topological polar surface area (TPSA) is 139 Å². The Balaban J connectivity index is 0.00000156. The molecule has 2 heterocycles. The Bertz CT molecular complexity index is 892. The van der Waals surface area contributed by atoms with E-state index in [4.69, 9.17) is 26.8 Å². The largest absolute Gasteiger partial charge is 0.384 e. The van der Waals surface area contributed by atoms with Gasteiger partial charge in [0, 0.05) is 40.7 Å². The molecule has 9 heteroatoms. The van der Waals surface area contributed by atoms with Crippen molar-refractivity contribution in [1.29, 1.82) is 10.8 Å². The van der Waals surface area contributed by atoms with Gasteiger partial charge in [-0.15, -0.1) is 24.8 Å². The molecular formula is C16H16Cl2N6O. The first-order valence-electron chi connectivity index (χ1n) is 6.76. The van der Waals surface area contributed by atoms with Crippen LogP contribution in [0, 0.1) is 10.8 Å². The zero-order chi connectivity index (χ0) is 16.4. The summed E-state index contributed by atoms with van der Waals surface area (Å²) in [7, 11) is 0. The zero-order valence-electron chi connectivity index (χ0n) is 12.9. The van der Waals surface area contributed by atoms with Gasteiger partial charge in [0.25, 0.3) is 0 Å². The van der Waals surface area contributed by atoms with E-state index in [0.29, 0.717) is 28.1 Å². The molecule has 0 saturated carbocycles. The second-order valence-corrected chi connectivity index (χ2v) is 4.94. The summed E-state index contributed by atoms with van der Waals surface area (Å²) in [5.41, 5.74) is 14.2. The minimum Gasteiger partial charge on any atom is -0.384 e. The Morgan fingerprint density at radius 1 is 0.840 bits per heavy atom. The molecule has 0 amide bonds. The molecule has 3 aromatic rings. The van der Waals surface area contributed by atoms with Crippen molar-refractivity contribution in [2.24, 2.45) is 11.5 Å². The fraction of sp³-hybridized carbons (Fsp3) is 0. The van der Waals surface area contributed by atoms with Crippen LogP contribution in [-0.2, 0) is 0 Å². The van der Waals surface area contributed by atoms with Gasteiger partial charge in [0.15, 0.2) is 5.76 Å². The Labute approximate surface area is 156 Å². The Hall–Kier alpha value is -2.90. The maximum Gasteiger partial charge on any atom is 0.167 e. The third-order valence-corrected chi connectivity index (χ3v) is 3.34. The van der Waals surface area contributed by atoms with Gasteiger partial charge in [-0.3, -0.25) is 15.8 Å². The summed E-state index contributed by atoms with van der Waals surface area (Å²) < 4.78 is 5.36. The first-order chi connectivity index (χ1) is 11.0. The molecule has 0 aliphatic heterocycles. The molecule has 2 aromatic heterocycles. The van der Waals surface area contributed by atoms with Crippen LogP contribution >= 0.6 is 24.8 Å². The molecule has 0 radical (unpaired) electrons. The highest BCUT2D eigenvalue weighted by molar-refractivity contribution is 5.96. The molecule has 130 valence electrons. The van der Waals surface area contributed by atoms with Crippen LogP contribution in [0.2, 0.25) is 0 Å². The minimum absolute atomic E-state index is 0. The van der Waals surface area contributed by atoms with E-state index in [2.05, 4.69) is 10.1 Å². The summed E-state index contributed by atoms with van der Waals surface area (Å²) in [5.74, 6) is 0.549. The van der Waals surface area contributed by atoms with Gasteiger partial charge in [-0.1, -0.05) is 29.4 Å². The quantitative estimate of drug-likeness (QED) is 0.408. The molecule has 0 saturated heterocycles. The van der Waals surface area contributed by atoms with Crippen molar-refractivity contribution in [3.63, 3.8) is 0 Å². The molecule has 0 unspecified atom stereocenters. The highest BCUT2D eigenvalue weighted by atomic mass is 35.5. The monoisotopic (exact) mass is 378 g/mol. The number of hydrogen-bond acceptors (Lipinski definition) is 5. The van der Waals surface area contributed by atoms with Gasteiger partial charge in [-0.05, 0) is 6.07 Å². The Morgan fingerprint density at radius 2 is 1.48 bits per heavy atom. The van der Waals surface area contributed by atoms with Crippen molar-refractivity contribution >= 4 is 36.5 Å². The van der Waals surface area contributed by atoms with Crippen molar-refractivity contribution < 1.29 is 4.52 Å². The van der Waals surface area contributed by atoms with Crippen LogP contribution in [0.15, 0.2) is 53.3 Å². The molecule has 7 nitrogen and oxygen atoms in total. The second kappa shape index (κ2) is 8.27. The molecule has 3 rings (SSSR count). The van der Waals surface area contributed by atoms with E-state index in [9.17, 15) is 0 Å². The summed E-state index contributed by atoms with van der Waals surface area (Å²) in [6.07, 6.45) is 3.15. The lowest BCUT2D eigenvalue weighted by Gasteiger charge is -2.00. The second-order valence-electron chi connectivity index (χ2n) is 4.94. The highest BCUT2D eigenvalue weighted by Gasteiger charge is 2.10. The Kier molecular flexibility index (Phi) is 6.67. The number of amidine groups is 2. The summed E-state index contributed by atoms with van der Waals surface area (Å²) >= 11 is 0. The average molecular weight is 379 g/mol. The number of nitrogens with one attached hydrogen (secondary N) is 2. The van der Waals surface area contributed by atoms with Crippen molar-refractivity contribution in [3.05, 3.63) is 59.9 Å². The zero-order valence-corrected chi connectivity index (χ0v) is 14.5. The summed E-state index contributed by atoms with van der Waals surface area (Å²) in [4.78, 5) is 4.06. The lowest BCUT2D eigenvalue weighted by Crippen LogP contribution is -2.11. The lowest BCUT2D eigenvalue weighted by atomic mass is 10.1. The van der Waals surface area contributed by atoms with Crippen LogP contribution in [0.1, 0.15) is 11.1 Å². The fourth-order valence-corrected chi connectivity index (χ4v) is 2.09. The molecule has 0 atom stereocenters. The molecule has 25 heavy (non-hydrogen) atoms. The number of halogens is 2. The maximum atomic E-state index is 7.46. The van der Waals surface area contributed by atoms with Crippen LogP contribution < -0.4 is 11.5 Å². The van der Waals surface area contributed by atoms with E-state index in [1.54, 1.807) is 30.5 Å². The first kappa shape index (κ1) is 20.1. The van der Waals surface area contributed by atoms with E-state index < -0.39 is 0 Å². The summed E-state index contributed by atoms with van der Waals surface area (Å²) in [5, 5.41) is 18.9. The highest BCUT2D eigenvalue weighted by Crippen LogP contribution is 2.26. The minimum atomic E-state index is -0.0529. The van der Waals surface area contributed by atoms with E-state index in [1.165, 1.54) is 6.20 Å². The van der Waals surface area contributed by atoms with Gasteiger partial charge in [-0.25, -0.2) is 0 Å². The first-order valence-corrected chi connectivity index (χ1v) is 6.76. The molecule has 0 aliphatic rings. The number of nitrogen functional groups attached to an aromatic ring is 2. The van der Waals surface area contributed by atoms with Gasteiger partial charge in [0.2, 0.25) is 0 Å². The number of aromatic nitrogens is 2. The van der Waals surface area contributed by atoms with Gasteiger partial charge < -0.3 is 16.0 Å². The number of nitrogens with zero attached hydrogens (tertiary/aromatic N) is 2. The van der Waals surface area contributed by atoms with Gasteiger partial charge >= 0.3 is 0 Å². The van der Waals surface area contributed by atoms with Crippen molar-refractivity contribution in [2.75, 3.05) is 0 Å². The average Bonchev–Trinajstić information content (AvgIpc) is 3.05. The lowest BCUT2D eigenvalue weighted by molar-refractivity contribution is 0.435. The third kappa shape index (κ3) is 4.34. The van der Waals surface area contributed by atoms with Gasteiger partial charge in [-0.2, -0.15) is 0 Å². The predicted molar refractivity (Wildman–Crippen MR) is 102 cm³/mol. The maximum absolute atomic E-state index is 7.46. The van der Waals surface area contributed by atoms with Crippen LogP contribution in [0.25, 0.3) is 22.6 Å². The molecule has 0 spiro atoms. The van der Waals surface area contributed by atoms with E-state index in [-0.39, 0.29) is 36.5 Å². The van der Waals surface area contributed by atoms with Crippen LogP contribution in [0.4, 0.5) is 0 Å². The standard InChI is InChI=1S/C16H14N6O.2ClH/c17-15(18)10-3-1-9(2-4-10)14-6-13(22-23-14)11-5-12(16(19)20)8-21-7-11;;/h1-8H,(H3,17,18)(H3,19,20);2*1H. The molecule has 0 aliphatic carbocycles. The van der Waals surface area contributed by atoms with Crippen LogP contribution in [0.5, 0.6) is 0 Å². The van der Waals surface area contributed by atoms with Crippen LogP contribution in [0.3, 0.4) is 0 Å². The molecule has 0 fully saturated rings. The summed E-state index contributed by atoms with van der Waals surface area (Å²) in [6.45, 7) is 0. The number of benzene rings is 1. The van der Waals surface area contributed by atoms with Crippen molar-refractivity contribution in [3.8, 4) is 22.6 Å². The number of pyridine rings is 1. The number of hydrogen-bond donors (Lipinski definition) is 4. The molecule has 0 bridgehead atoms. The van der Waals surface area contributed by atoms with E-state index in [0.717, 1.165) is 5.56 Å². The predicted octanol–water partition coefficient (Wildman–Crippen LogP) is 2.82. The Morgan fingerprint density at radius 3 is 2.08 bits per heavy atom. The van der Waals surface area contributed by atoms with E-state index in [1.807, 2.05) is 12.1 Å². The van der Waals surface area contributed by atoms with Gasteiger partial charge in [0.05, 0.1) is 0 Å². The summed E-state index contributed by atoms with van der Waals surface area (Å²) in [6, 6.07) is 10.6. The molecule has 1 aromatic carbocycles. The molecular weight excluding hydrogens is 363 g/mol.